The minimum atomic E-state index is -3.81. The fraction of sp³-hybridized carbons (Fsp3) is 0.300. The molecular formula is C30H29Cl3N2O5S. The van der Waals surface area contributed by atoms with Crippen LogP contribution in [-0.4, -0.2) is 18.7 Å². The predicted octanol–water partition coefficient (Wildman–Crippen LogP) is 7.48. The fourth-order valence-electron chi connectivity index (χ4n) is 5.23. The smallest absolute Gasteiger partial charge is 0.238 e. The van der Waals surface area contributed by atoms with Gasteiger partial charge in [0.2, 0.25) is 10.0 Å². The SMILES string of the molecule is C=C/C=C(Cl)\C(=C(/C)Cl)c1noc(C2CC2)c1COc1ccc(C2(O)CC(c3cccc(S(N)(=O)=O)c3)C2)c(Cl)c1. The average Bonchev–Trinajstić information content (AvgIpc) is 3.66. The van der Waals surface area contributed by atoms with Crippen LogP contribution >= 0.6 is 34.8 Å². The molecule has 2 fully saturated rings. The number of aromatic nitrogens is 1. The number of halogens is 3. The number of nitrogens with two attached hydrogens (primary N) is 1. The maximum absolute atomic E-state index is 11.7. The van der Waals surface area contributed by atoms with E-state index in [0.29, 0.717) is 50.5 Å². The lowest BCUT2D eigenvalue weighted by atomic mass is 9.65. The van der Waals surface area contributed by atoms with E-state index in [9.17, 15) is 13.5 Å². The summed E-state index contributed by atoms with van der Waals surface area (Å²) in [5.41, 5.74) is 2.07. The van der Waals surface area contributed by atoms with Crippen LogP contribution in [0.25, 0.3) is 5.57 Å². The van der Waals surface area contributed by atoms with Gasteiger partial charge in [0.1, 0.15) is 23.8 Å². The first-order valence-corrected chi connectivity index (χ1v) is 15.7. The lowest BCUT2D eigenvalue weighted by molar-refractivity contribution is -0.0549. The van der Waals surface area contributed by atoms with Crippen LogP contribution in [-0.2, 0) is 22.2 Å². The van der Waals surface area contributed by atoms with Crippen molar-refractivity contribution in [3.8, 4) is 5.75 Å². The number of aliphatic hydroxyl groups is 1. The van der Waals surface area contributed by atoms with Gasteiger partial charge in [-0.3, -0.25) is 0 Å². The second-order valence-corrected chi connectivity index (χ2v) is 13.4. The predicted molar refractivity (Wildman–Crippen MR) is 161 cm³/mol. The van der Waals surface area contributed by atoms with Crippen molar-refractivity contribution in [2.24, 2.45) is 5.14 Å². The molecule has 2 aliphatic rings. The molecule has 0 spiro atoms. The van der Waals surface area contributed by atoms with Gasteiger partial charge in [0, 0.05) is 22.1 Å². The second-order valence-electron chi connectivity index (χ2n) is 10.5. The first-order valence-electron chi connectivity index (χ1n) is 13.0. The van der Waals surface area contributed by atoms with Crippen molar-refractivity contribution in [2.45, 2.75) is 61.5 Å². The molecule has 0 atom stereocenters. The zero-order chi connectivity index (χ0) is 29.5. The molecule has 2 saturated carbocycles. The molecule has 216 valence electrons. The van der Waals surface area contributed by atoms with Crippen LogP contribution in [0.5, 0.6) is 5.75 Å². The quantitative estimate of drug-likeness (QED) is 0.223. The highest BCUT2D eigenvalue weighted by molar-refractivity contribution is 7.89. The topological polar surface area (TPSA) is 116 Å². The van der Waals surface area contributed by atoms with Gasteiger partial charge >= 0.3 is 0 Å². The summed E-state index contributed by atoms with van der Waals surface area (Å²) >= 11 is 19.5. The molecule has 7 nitrogen and oxygen atoms in total. The van der Waals surface area contributed by atoms with Crippen LogP contribution in [0.15, 0.2) is 80.7 Å². The van der Waals surface area contributed by atoms with E-state index in [1.807, 2.05) is 6.07 Å². The average molecular weight is 636 g/mol. The van der Waals surface area contributed by atoms with Crippen molar-refractivity contribution in [1.29, 1.82) is 0 Å². The highest BCUT2D eigenvalue weighted by Gasteiger charge is 2.46. The monoisotopic (exact) mass is 634 g/mol. The van der Waals surface area contributed by atoms with Gasteiger partial charge in [-0.2, -0.15) is 0 Å². The number of nitrogens with zero attached hydrogens (tertiary/aromatic N) is 1. The summed E-state index contributed by atoms with van der Waals surface area (Å²) in [6.45, 7) is 5.59. The molecular weight excluding hydrogens is 607 g/mol. The Morgan fingerprint density at radius 1 is 1.22 bits per heavy atom. The Kier molecular flexibility index (Phi) is 8.45. The lowest BCUT2D eigenvalue weighted by Gasteiger charge is -2.44. The van der Waals surface area contributed by atoms with Crippen LogP contribution in [0.1, 0.15) is 72.6 Å². The van der Waals surface area contributed by atoms with Crippen LogP contribution in [0.2, 0.25) is 5.02 Å². The van der Waals surface area contributed by atoms with E-state index >= 15 is 0 Å². The first kappa shape index (κ1) is 29.9. The van der Waals surface area contributed by atoms with E-state index in [1.165, 1.54) is 6.07 Å². The summed E-state index contributed by atoms with van der Waals surface area (Å²) in [4.78, 5) is 0.0496. The van der Waals surface area contributed by atoms with Crippen LogP contribution < -0.4 is 9.88 Å². The standard InChI is InChI=1S/C30H29Cl3N2O5S/c1-3-5-25(32)27(17(2)31)28-23(29(40-35-28)18-8-9-18)16-39-21-10-11-24(26(33)13-21)30(36)14-20(15-30)19-6-4-7-22(12-19)41(34,37)38/h3-7,10-13,18,20,36H,1,8-9,14-16H2,2H3,(H2,34,37,38)/b25-5+,27-17-. The van der Waals surface area contributed by atoms with Crippen molar-refractivity contribution in [3.63, 3.8) is 0 Å². The van der Waals surface area contributed by atoms with Gasteiger partial charge in [0.25, 0.3) is 0 Å². The van der Waals surface area contributed by atoms with Crippen molar-refractivity contribution in [2.75, 3.05) is 0 Å². The molecule has 0 unspecified atom stereocenters. The van der Waals surface area contributed by atoms with Gasteiger partial charge in [-0.15, -0.1) is 0 Å². The zero-order valence-electron chi connectivity index (χ0n) is 22.2. The highest BCUT2D eigenvalue weighted by atomic mass is 35.5. The van der Waals surface area contributed by atoms with Crippen LogP contribution in [0.4, 0.5) is 0 Å². The first-order chi connectivity index (χ1) is 19.4. The number of allylic oxidation sites excluding steroid dienone is 5. The van der Waals surface area contributed by atoms with Crippen LogP contribution in [0, 0.1) is 0 Å². The molecule has 1 heterocycles. The molecule has 2 aliphatic carbocycles. The number of hydrogen-bond acceptors (Lipinski definition) is 6. The van der Waals surface area contributed by atoms with E-state index < -0.39 is 15.6 Å². The van der Waals surface area contributed by atoms with E-state index in [2.05, 4.69) is 11.7 Å². The Morgan fingerprint density at radius 2 is 1.95 bits per heavy atom. The Labute approximate surface area is 254 Å². The highest BCUT2D eigenvalue weighted by Crippen LogP contribution is 2.53. The van der Waals surface area contributed by atoms with E-state index in [4.69, 9.17) is 49.2 Å². The number of primary sulfonamides is 1. The second kappa shape index (κ2) is 11.6. The van der Waals surface area contributed by atoms with Crippen molar-refractivity contribution < 1.29 is 22.8 Å². The van der Waals surface area contributed by atoms with Gasteiger partial charge in [0.15, 0.2) is 0 Å². The van der Waals surface area contributed by atoms with E-state index in [1.54, 1.807) is 49.4 Å². The van der Waals surface area contributed by atoms with Crippen molar-refractivity contribution in [3.05, 3.63) is 104 Å². The van der Waals surface area contributed by atoms with Crippen LogP contribution in [0.3, 0.4) is 0 Å². The largest absolute Gasteiger partial charge is 0.489 e. The third-order valence-corrected chi connectivity index (χ3v) is 9.23. The third-order valence-electron chi connectivity index (χ3n) is 7.50. The molecule has 0 bridgehead atoms. The van der Waals surface area contributed by atoms with E-state index in [0.717, 1.165) is 29.7 Å². The zero-order valence-corrected chi connectivity index (χ0v) is 25.3. The van der Waals surface area contributed by atoms with Gasteiger partial charge in [-0.25, -0.2) is 13.6 Å². The molecule has 5 rings (SSSR count). The molecule has 2 aromatic carbocycles. The summed E-state index contributed by atoms with van der Waals surface area (Å²) < 4.78 is 35.3. The lowest BCUT2D eigenvalue weighted by Crippen LogP contribution is -2.40. The third kappa shape index (κ3) is 6.28. The molecule has 41 heavy (non-hydrogen) atoms. The maximum atomic E-state index is 11.7. The number of hydrogen-bond donors (Lipinski definition) is 2. The van der Waals surface area contributed by atoms with Gasteiger partial charge in [-0.1, -0.05) is 70.8 Å². The molecule has 1 aromatic heterocycles. The van der Waals surface area contributed by atoms with E-state index in [-0.39, 0.29) is 23.3 Å². The Morgan fingerprint density at radius 3 is 2.56 bits per heavy atom. The number of sulfonamides is 1. The fourth-order valence-corrected chi connectivity index (χ4v) is 6.70. The summed E-state index contributed by atoms with van der Waals surface area (Å²) in [6.07, 6.45) is 6.00. The minimum absolute atomic E-state index is 0.0313. The molecule has 3 aromatic rings. The Bertz CT molecular complexity index is 1660. The summed E-state index contributed by atoms with van der Waals surface area (Å²) in [6, 6.07) is 11.7. The molecule has 11 heteroatoms. The Hall–Kier alpha value is -2.59. The normalized spacial score (nSPS) is 21.7. The minimum Gasteiger partial charge on any atom is -0.489 e. The van der Waals surface area contributed by atoms with Gasteiger partial charge in [0.05, 0.1) is 26.1 Å². The number of rotatable bonds is 10. The van der Waals surface area contributed by atoms with Gasteiger partial charge < -0.3 is 14.4 Å². The molecule has 0 aliphatic heterocycles. The maximum Gasteiger partial charge on any atom is 0.238 e. The van der Waals surface area contributed by atoms with Gasteiger partial charge in [-0.05, 0) is 74.4 Å². The Balaban J connectivity index is 1.33. The molecule has 3 N–H and O–H groups in total. The van der Waals surface area contributed by atoms with Crippen molar-refractivity contribution in [1.82, 2.24) is 5.16 Å². The summed E-state index contributed by atoms with van der Waals surface area (Å²) in [5, 5.41) is 22.1. The summed E-state index contributed by atoms with van der Waals surface area (Å²) in [5.74, 6) is 1.50. The van der Waals surface area contributed by atoms with Crippen molar-refractivity contribution >= 4 is 50.4 Å². The molecule has 0 amide bonds. The molecule has 0 saturated heterocycles. The number of ether oxygens (including phenoxy) is 1. The summed E-state index contributed by atoms with van der Waals surface area (Å²) in [7, 11) is -3.81. The molecule has 0 radical (unpaired) electrons. The number of benzene rings is 2.